The first-order valence-corrected chi connectivity index (χ1v) is 7.29. The van der Waals surface area contributed by atoms with Crippen molar-refractivity contribution < 1.29 is 4.79 Å². The first kappa shape index (κ1) is 14.1. The van der Waals surface area contributed by atoms with Crippen molar-refractivity contribution in [1.82, 2.24) is 10.6 Å². The highest BCUT2D eigenvalue weighted by Gasteiger charge is 2.22. The smallest absolute Gasteiger partial charge is 0.251 e. The van der Waals surface area contributed by atoms with E-state index < -0.39 is 0 Å². The van der Waals surface area contributed by atoms with Gasteiger partial charge in [-0.3, -0.25) is 4.79 Å². The zero-order valence-corrected chi connectivity index (χ0v) is 12.1. The molecular weight excluding hydrogens is 236 g/mol. The van der Waals surface area contributed by atoms with Crippen LogP contribution in [0.1, 0.15) is 54.2 Å². The monoisotopic (exact) mass is 260 g/mol. The number of nitrogens with one attached hydrogen (secondary N) is 2. The van der Waals surface area contributed by atoms with E-state index >= 15 is 0 Å². The number of amides is 1. The highest BCUT2D eigenvalue weighted by Crippen LogP contribution is 2.29. The second-order valence-electron chi connectivity index (χ2n) is 5.27. The van der Waals surface area contributed by atoms with Gasteiger partial charge in [-0.25, -0.2) is 0 Å². The summed E-state index contributed by atoms with van der Waals surface area (Å²) in [6, 6.07) is 6.70. The maximum atomic E-state index is 11.9. The summed E-state index contributed by atoms with van der Waals surface area (Å²) in [5.74, 6) is 0.678. The quantitative estimate of drug-likeness (QED) is 0.854. The van der Waals surface area contributed by atoms with Gasteiger partial charge in [0, 0.05) is 18.2 Å². The normalized spacial score (nSPS) is 16.1. The number of rotatable bonds is 5. The Bertz CT molecular complexity index is 452. The van der Waals surface area contributed by atoms with E-state index in [1.54, 1.807) is 0 Å². The van der Waals surface area contributed by atoms with Gasteiger partial charge in [0.05, 0.1) is 0 Å². The second-order valence-corrected chi connectivity index (χ2v) is 5.27. The van der Waals surface area contributed by atoms with Crippen LogP contribution in [0.2, 0.25) is 0 Å². The van der Waals surface area contributed by atoms with Crippen molar-refractivity contribution in [2.75, 3.05) is 13.6 Å². The molecule has 1 atom stereocenters. The summed E-state index contributed by atoms with van der Waals surface area (Å²) < 4.78 is 0. The third kappa shape index (κ3) is 2.81. The molecule has 1 aliphatic heterocycles. The maximum absolute atomic E-state index is 11.9. The fourth-order valence-electron chi connectivity index (χ4n) is 3.06. The Morgan fingerprint density at radius 1 is 1.32 bits per heavy atom. The summed E-state index contributed by atoms with van der Waals surface area (Å²) in [5.41, 5.74) is 3.26. The van der Waals surface area contributed by atoms with E-state index in [4.69, 9.17) is 0 Å². The van der Waals surface area contributed by atoms with E-state index in [2.05, 4.69) is 42.7 Å². The fourth-order valence-corrected chi connectivity index (χ4v) is 3.06. The summed E-state index contributed by atoms with van der Waals surface area (Å²) in [5, 5.41) is 6.33. The molecule has 0 aromatic heterocycles. The minimum absolute atomic E-state index is 0.0718. The number of hydrogen-bond acceptors (Lipinski definition) is 2. The van der Waals surface area contributed by atoms with Crippen LogP contribution in [0, 0.1) is 5.92 Å². The van der Waals surface area contributed by atoms with Crippen LogP contribution in [-0.4, -0.2) is 19.5 Å². The lowest BCUT2D eigenvalue weighted by Gasteiger charge is -2.27. The Hall–Kier alpha value is -1.35. The molecular formula is C16H24N2O. The predicted molar refractivity (Wildman–Crippen MR) is 78.4 cm³/mol. The van der Waals surface area contributed by atoms with E-state index in [0.717, 1.165) is 31.4 Å². The van der Waals surface area contributed by atoms with Gasteiger partial charge in [0.1, 0.15) is 0 Å². The number of carbonyl (C=O) groups is 1. The zero-order chi connectivity index (χ0) is 13.8. The summed E-state index contributed by atoms with van der Waals surface area (Å²) in [6.07, 6.45) is 3.23. The van der Waals surface area contributed by atoms with Crippen molar-refractivity contribution in [1.29, 1.82) is 0 Å². The fraction of sp³-hybridized carbons (Fsp3) is 0.562. The molecule has 0 fully saturated rings. The summed E-state index contributed by atoms with van der Waals surface area (Å²) in [6.45, 7) is 5.21. The number of benzene rings is 1. The Labute approximate surface area is 115 Å². The number of hydrogen-bond donors (Lipinski definition) is 2. The first-order chi connectivity index (χ1) is 9.21. The number of fused-ring (bicyclic) bond motifs is 1. The van der Waals surface area contributed by atoms with Crippen LogP contribution in [0.4, 0.5) is 0 Å². The molecule has 1 amide bonds. The summed E-state index contributed by atoms with van der Waals surface area (Å²) in [7, 11) is 2.00. The van der Waals surface area contributed by atoms with Gasteiger partial charge in [-0.2, -0.15) is 0 Å². The van der Waals surface area contributed by atoms with Crippen molar-refractivity contribution in [2.24, 2.45) is 5.92 Å². The number of carbonyl (C=O) groups excluding carboxylic acids is 1. The molecule has 19 heavy (non-hydrogen) atoms. The zero-order valence-electron chi connectivity index (χ0n) is 12.1. The molecule has 0 radical (unpaired) electrons. The molecule has 0 saturated carbocycles. The Kier molecular flexibility index (Phi) is 4.59. The highest BCUT2D eigenvalue weighted by atomic mass is 16.1. The van der Waals surface area contributed by atoms with Gasteiger partial charge in [0.25, 0.3) is 5.91 Å². The van der Waals surface area contributed by atoms with Crippen molar-refractivity contribution in [3.05, 3.63) is 34.9 Å². The van der Waals surface area contributed by atoms with Crippen LogP contribution in [-0.2, 0) is 6.42 Å². The SMILES string of the molecule is CCC(CC)C(NC)c1ccc2c(c1)C(=O)NCC2. The molecule has 2 N–H and O–H groups in total. The van der Waals surface area contributed by atoms with Gasteiger partial charge in [0.2, 0.25) is 0 Å². The lowest BCUT2D eigenvalue weighted by atomic mass is 9.86. The molecule has 1 unspecified atom stereocenters. The Morgan fingerprint density at radius 2 is 2.05 bits per heavy atom. The molecule has 0 spiro atoms. The average Bonchev–Trinajstić information content (AvgIpc) is 2.45. The van der Waals surface area contributed by atoms with Gasteiger partial charge >= 0.3 is 0 Å². The van der Waals surface area contributed by atoms with E-state index in [0.29, 0.717) is 12.0 Å². The van der Waals surface area contributed by atoms with Gasteiger partial charge in [-0.1, -0.05) is 38.8 Å². The molecule has 3 heteroatoms. The van der Waals surface area contributed by atoms with Crippen molar-refractivity contribution in [2.45, 2.75) is 39.2 Å². The van der Waals surface area contributed by atoms with E-state index in [1.165, 1.54) is 11.1 Å². The van der Waals surface area contributed by atoms with Crippen LogP contribution in [0.25, 0.3) is 0 Å². The van der Waals surface area contributed by atoms with E-state index in [9.17, 15) is 4.79 Å². The van der Waals surface area contributed by atoms with Gasteiger partial charge in [-0.15, -0.1) is 0 Å². The van der Waals surface area contributed by atoms with Gasteiger partial charge in [-0.05, 0) is 36.6 Å². The molecule has 104 valence electrons. The molecule has 0 bridgehead atoms. The Balaban J connectivity index is 2.34. The van der Waals surface area contributed by atoms with Crippen LogP contribution in [0.3, 0.4) is 0 Å². The third-order valence-corrected chi connectivity index (χ3v) is 4.25. The minimum atomic E-state index is 0.0718. The largest absolute Gasteiger partial charge is 0.352 e. The second kappa shape index (κ2) is 6.20. The predicted octanol–water partition coefficient (Wildman–Crippen LogP) is 2.67. The standard InChI is InChI=1S/C16H24N2O/c1-4-11(5-2)15(17-3)13-7-6-12-8-9-18-16(19)14(12)10-13/h6-7,10-11,15,17H,4-5,8-9H2,1-3H3,(H,18,19). The molecule has 3 nitrogen and oxygen atoms in total. The molecule has 1 aromatic rings. The Morgan fingerprint density at radius 3 is 2.68 bits per heavy atom. The molecule has 2 rings (SSSR count). The molecule has 0 saturated heterocycles. The molecule has 1 heterocycles. The lowest BCUT2D eigenvalue weighted by Crippen LogP contribution is -2.32. The van der Waals surface area contributed by atoms with Crippen molar-refractivity contribution in [3.8, 4) is 0 Å². The molecule has 1 aromatic carbocycles. The molecule has 1 aliphatic rings. The van der Waals surface area contributed by atoms with E-state index in [-0.39, 0.29) is 5.91 Å². The van der Waals surface area contributed by atoms with Crippen molar-refractivity contribution >= 4 is 5.91 Å². The van der Waals surface area contributed by atoms with E-state index in [1.807, 2.05) is 7.05 Å². The summed E-state index contributed by atoms with van der Waals surface area (Å²) >= 11 is 0. The topological polar surface area (TPSA) is 41.1 Å². The van der Waals surface area contributed by atoms with Crippen LogP contribution in [0.5, 0.6) is 0 Å². The lowest BCUT2D eigenvalue weighted by molar-refractivity contribution is 0.0946. The molecule has 0 aliphatic carbocycles. The van der Waals surface area contributed by atoms with Gasteiger partial charge in [0.15, 0.2) is 0 Å². The van der Waals surface area contributed by atoms with Crippen LogP contribution in [0.15, 0.2) is 18.2 Å². The summed E-state index contributed by atoms with van der Waals surface area (Å²) in [4.78, 5) is 11.9. The van der Waals surface area contributed by atoms with Gasteiger partial charge < -0.3 is 10.6 Å². The first-order valence-electron chi connectivity index (χ1n) is 7.29. The minimum Gasteiger partial charge on any atom is -0.352 e. The highest BCUT2D eigenvalue weighted by molar-refractivity contribution is 5.96. The third-order valence-electron chi connectivity index (χ3n) is 4.25. The van der Waals surface area contributed by atoms with Crippen LogP contribution < -0.4 is 10.6 Å². The average molecular weight is 260 g/mol. The van der Waals surface area contributed by atoms with Crippen LogP contribution >= 0.6 is 0 Å². The maximum Gasteiger partial charge on any atom is 0.251 e. The van der Waals surface area contributed by atoms with Crippen molar-refractivity contribution in [3.63, 3.8) is 0 Å².